The Kier molecular flexibility index (Phi) is 3.39. The lowest BCUT2D eigenvalue weighted by Crippen LogP contribution is -2.02. The molecule has 0 bridgehead atoms. The van der Waals surface area contributed by atoms with Gasteiger partial charge >= 0.3 is 0 Å². The van der Waals surface area contributed by atoms with Crippen LogP contribution in [0.15, 0.2) is 12.1 Å². The smallest absolute Gasteiger partial charge is 0.141 e. The Bertz CT molecular complexity index is 302. The van der Waals surface area contributed by atoms with Gasteiger partial charge in [0.1, 0.15) is 16.5 Å². The normalized spacial score (nSPS) is 10.1. The number of hydrogen-bond acceptors (Lipinski definition) is 3. The van der Waals surface area contributed by atoms with Crippen LogP contribution in [0, 0.1) is 0 Å². The molecule has 0 saturated heterocycles. The zero-order valence-corrected chi connectivity index (χ0v) is 8.14. The molecule has 0 aliphatic carbocycles. The van der Waals surface area contributed by atoms with Crippen molar-refractivity contribution in [2.45, 2.75) is 6.42 Å². The molecule has 3 nitrogen and oxygen atoms in total. The number of aromatic hydroxyl groups is 1. The Balaban J connectivity index is 3.06. The molecule has 0 fully saturated rings. The van der Waals surface area contributed by atoms with Gasteiger partial charge in [-0.1, -0.05) is 11.6 Å². The first kappa shape index (κ1) is 10.2. The van der Waals surface area contributed by atoms with Gasteiger partial charge in [0.25, 0.3) is 0 Å². The molecule has 72 valence electrons. The van der Waals surface area contributed by atoms with Crippen LogP contribution < -0.4 is 10.5 Å². The third-order valence-corrected chi connectivity index (χ3v) is 2.11. The number of halogens is 1. The van der Waals surface area contributed by atoms with Gasteiger partial charge < -0.3 is 15.6 Å². The van der Waals surface area contributed by atoms with Crippen molar-refractivity contribution in [3.05, 3.63) is 22.7 Å². The highest BCUT2D eigenvalue weighted by molar-refractivity contribution is 6.33. The highest BCUT2D eigenvalue weighted by Crippen LogP contribution is 2.34. The molecule has 1 rings (SSSR count). The first-order valence-electron chi connectivity index (χ1n) is 3.94. The Labute approximate surface area is 82.1 Å². The van der Waals surface area contributed by atoms with E-state index in [9.17, 15) is 5.11 Å². The van der Waals surface area contributed by atoms with E-state index in [-0.39, 0.29) is 10.8 Å². The van der Waals surface area contributed by atoms with Crippen molar-refractivity contribution in [3.8, 4) is 11.5 Å². The predicted molar refractivity (Wildman–Crippen MR) is 52.4 cm³/mol. The highest BCUT2D eigenvalue weighted by atomic mass is 35.5. The van der Waals surface area contributed by atoms with Crippen LogP contribution in [0.3, 0.4) is 0 Å². The molecule has 0 aliphatic heterocycles. The van der Waals surface area contributed by atoms with E-state index in [2.05, 4.69) is 0 Å². The molecule has 0 aliphatic rings. The Hall–Kier alpha value is -0.930. The minimum atomic E-state index is 0.0319. The van der Waals surface area contributed by atoms with Gasteiger partial charge in [0.2, 0.25) is 0 Å². The lowest BCUT2D eigenvalue weighted by molar-refractivity contribution is 0.407. The summed E-state index contributed by atoms with van der Waals surface area (Å²) < 4.78 is 4.98. The van der Waals surface area contributed by atoms with Crippen LogP contribution in [0.4, 0.5) is 0 Å². The van der Waals surface area contributed by atoms with E-state index in [4.69, 9.17) is 22.1 Å². The van der Waals surface area contributed by atoms with E-state index in [1.165, 1.54) is 7.11 Å². The average molecular weight is 202 g/mol. The summed E-state index contributed by atoms with van der Waals surface area (Å²) in [4.78, 5) is 0. The number of nitrogens with two attached hydrogens (primary N) is 1. The maximum absolute atomic E-state index is 9.39. The van der Waals surface area contributed by atoms with E-state index in [1.54, 1.807) is 12.1 Å². The van der Waals surface area contributed by atoms with Crippen molar-refractivity contribution >= 4 is 11.6 Å². The first-order chi connectivity index (χ1) is 6.19. The van der Waals surface area contributed by atoms with E-state index < -0.39 is 0 Å². The molecule has 0 unspecified atom stereocenters. The summed E-state index contributed by atoms with van der Waals surface area (Å²) in [5, 5.41) is 9.63. The molecule has 0 radical (unpaired) electrons. The number of phenolic OH excluding ortho intramolecular Hbond substituents is 1. The van der Waals surface area contributed by atoms with Gasteiger partial charge in [0.05, 0.1) is 7.11 Å². The number of methoxy groups -OCH3 is 1. The molecule has 13 heavy (non-hydrogen) atoms. The maximum atomic E-state index is 9.39. The molecule has 0 amide bonds. The summed E-state index contributed by atoms with van der Waals surface area (Å²) in [5.41, 5.74) is 6.30. The van der Waals surface area contributed by atoms with Crippen LogP contribution in [0.2, 0.25) is 5.02 Å². The number of phenols is 1. The number of hydrogen-bond donors (Lipinski definition) is 2. The zero-order valence-electron chi connectivity index (χ0n) is 7.38. The first-order valence-corrected chi connectivity index (χ1v) is 4.32. The molecule has 4 heteroatoms. The Morgan fingerprint density at radius 3 is 2.77 bits per heavy atom. The second kappa shape index (κ2) is 4.35. The SMILES string of the molecule is COc1cc(CCN)cc(O)c1Cl. The van der Waals surface area contributed by atoms with Crippen molar-refractivity contribution in [3.63, 3.8) is 0 Å². The van der Waals surface area contributed by atoms with E-state index in [1.807, 2.05) is 0 Å². The van der Waals surface area contributed by atoms with Gasteiger partial charge in [-0.15, -0.1) is 0 Å². The minimum Gasteiger partial charge on any atom is -0.506 e. The standard InChI is InChI=1S/C9H12ClNO2/c1-13-8-5-6(2-3-11)4-7(12)9(8)10/h4-5,12H,2-3,11H2,1H3. The van der Waals surface area contributed by atoms with Crippen LogP contribution in [-0.4, -0.2) is 18.8 Å². The average Bonchev–Trinajstić information content (AvgIpc) is 2.11. The largest absolute Gasteiger partial charge is 0.506 e. The van der Waals surface area contributed by atoms with Gasteiger partial charge in [0.15, 0.2) is 0 Å². The molecular formula is C9H12ClNO2. The van der Waals surface area contributed by atoms with Gasteiger partial charge in [-0.3, -0.25) is 0 Å². The Morgan fingerprint density at radius 1 is 1.54 bits per heavy atom. The van der Waals surface area contributed by atoms with E-state index in [0.29, 0.717) is 18.7 Å². The van der Waals surface area contributed by atoms with Crippen LogP contribution in [0.5, 0.6) is 11.5 Å². The lowest BCUT2D eigenvalue weighted by atomic mass is 10.1. The molecule has 0 heterocycles. The number of rotatable bonds is 3. The maximum Gasteiger partial charge on any atom is 0.141 e. The highest BCUT2D eigenvalue weighted by Gasteiger charge is 2.07. The predicted octanol–water partition coefficient (Wildman–Crippen LogP) is 1.56. The lowest BCUT2D eigenvalue weighted by Gasteiger charge is -2.07. The van der Waals surface area contributed by atoms with Gasteiger partial charge in [0, 0.05) is 0 Å². The molecule has 0 saturated carbocycles. The zero-order chi connectivity index (χ0) is 9.84. The summed E-state index contributed by atoms with van der Waals surface area (Å²) >= 11 is 5.76. The topological polar surface area (TPSA) is 55.5 Å². The summed E-state index contributed by atoms with van der Waals surface area (Å²) in [5.74, 6) is 0.509. The molecular weight excluding hydrogens is 190 g/mol. The molecule has 0 spiro atoms. The summed E-state index contributed by atoms with van der Waals surface area (Å²) in [6.07, 6.45) is 0.696. The van der Waals surface area contributed by atoms with Crippen LogP contribution >= 0.6 is 11.6 Å². The third-order valence-electron chi connectivity index (χ3n) is 1.73. The summed E-state index contributed by atoms with van der Waals surface area (Å²) in [6.45, 7) is 0.532. The molecule has 3 N–H and O–H groups in total. The fourth-order valence-corrected chi connectivity index (χ4v) is 1.28. The van der Waals surface area contributed by atoms with Crippen molar-refractivity contribution in [1.29, 1.82) is 0 Å². The van der Waals surface area contributed by atoms with Crippen LogP contribution in [-0.2, 0) is 6.42 Å². The summed E-state index contributed by atoms with van der Waals surface area (Å²) in [6, 6.07) is 3.37. The molecule has 0 atom stereocenters. The quantitative estimate of drug-likeness (QED) is 0.781. The van der Waals surface area contributed by atoms with Gasteiger partial charge in [-0.05, 0) is 30.7 Å². The molecule has 1 aromatic carbocycles. The number of ether oxygens (including phenoxy) is 1. The van der Waals surface area contributed by atoms with Crippen LogP contribution in [0.25, 0.3) is 0 Å². The van der Waals surface area contributed by atoms with Crippen molar-refractivity contribution in [1.82, 2.24) is 0 Å². The number of benzene rings is 1. The minimum absolute atomic E-state index is 0.0319. The third kappa shape index (κ3) is 2.26. The van der Waals surface area contributed by atoms with Gasteiger partial charge in [-0.2, -0.15) is 0 Å². The van der Waals surface area contributed by atoms with Crippen molar-refractivity contribution in [2.75, 3.05) is 13.7 Å². The second-order valence-electron chi connectivity index (χ2n) is 2.67. The van der Waals surface area contributed by atoms with Crippen molar-refractivity contribution in [2.24, 2.45) is 5.73 Å². The van der Waals surface area contributed by atoms with E-state index in [0.717, 1.165) is 5.56 Å². The summed E-state index contributed by atoms with van der Waals surface area (Å²) in [7, 11) is 1.51. The van der Waals surface area contributed by atoms with Crippen LogP contribution in [0.1, 0.15) is 5.56 Å². The molecule has 0 aromatic heterocycles. The van der Waals surface area contributed by atoms with Gasteiger partial charge in [-0.25, -0.2) is 0 Å². The fraction of sp³-hybridized carbons (Fsp3) is 0.333. The second-order valence-corrected chi connectivity index (χ2v) is 3.05. The monoisotopic (exact) mass is 201 g/mol. The fourth-order valence-electron chi connectivity index (χ4n) is 1.10. The van der Waals surface area contributed by atoms with E-state index >= 15 is 0 Å². The molecule has 1 aromatic rings. The van der Waals surface area contributed by atoms with Crippen molar-refractivity contribution < 1.29 is 9.84 Å². The Morgan fingerprint density at radius 2 is 2.23 bits per heavy atom.